The maximum Gasteiger partial charge on any atom is 0.258 e. The molecule has 11 aromatic heterocycles. The summed E-state index contributed by atoms with van der Waals surface area (Å²) < 4.78 is 10.6. The van der Waals surface area contributed by atoms with Gasteiger partial charge in [0.15, 0.2) is 0 Å². The first-order valence-corrected chi connectivity index (χ1v) is 31.9. The predicted molar refractivity (Wildman–Crippen MR) is 358 cm³/mol. The van der Waals surface area contributed by atoms with Gasteiger partial charge in [0.05, 0.1) is 63.7 Å². The van der Waals surface area contributed by atoms with Gasteiger partial charge in [0, 0.05) is 111 Å². The molecule has 1 aromatic carbocycles. The van der Waals surface area contributed by atoms with Gasteiger partial charge < -0.3 is 29.9 Å². The Bertz CT molecular complexity index is 4880. The molecule has 0 amide bonds. The quantitative estimate of drug-likeness (QED) is 0.117. The number of aliphatic hydroxyl groups excluding tert-OH is 1. The van der Waals surface area contributed by atoms with Gasteiger partial charge in [0.1, 0.15) is 28.3 Å². The molecular formula is C70H79N17O4. The molecule has 91 heavy (non-hydrogen) atoms. The maximum atomic E-state index is 13.1. The number of aryl methyl sites for hydroxylation is 6. The average Bonchev–Trinajstić information content (AvgIpc) is 2.02. The van der Waals surface area contributed by atoms with Crippen molar-refractivity contribution >= 4 is 44.7 Å². The number of nitrogens with zero attached hydrogens (tertiary/aromatic N) is 15. The molecule has 3 fully saturated rings. The Morgan fingerprint density at radius 1 is 0.571 bits per heavy atom. The lowest BCUT2D eigenvalue weighted by molar-refractivity contribution is 0.172. The monoisotopic (exact) mass is 1220 g/mol. The highest BCUT2D eigenvalue weighted by Gasteiger charge is 2.25. The van der Waals surface area contributed by atoms with Crippen molar-refractivity contribution in [2.24, 2.45) is 7.05 Å². The molecule has 0 bridgehead atoms. The first-order chi connectivity index (χ1) is 44.0. The lowest BCUT2D eigenvalue weighted by Crippen LogP contribution is -2.43. The number of rotatable bonds is 10. The number of fused-ring (bicyclic) bond motifs is 6. The third kappa shape index (κ3) is 12.8. The van der Waals surface area contributed by atoms with E-state index < -0.39 is 0 Å². The predicted octanol–water partition coefficient (Wildman–Crippen LogP) is 8.81. The Labute approximate surface area is 526 Å². The normalized spacial score (nSPS) is 15.6. The fraction of sp³-hybridized carbons (Fsp3) is 0.371. The van der Waals surface area contributed by atoms with Crippen molar-refractivity contribution in [1.29, 1.82) is 0 Å². The van der Waals surface area contributed by atoms with Crippen LogP contribution in [0.1, 0.15) is 104 Å². The van der Waals surface area contributed by atoms with Crippen molar-refractivity contribution < 1.29 is 5.11 Å². The van der Waals surface area contributed by atoms with Crippen LogP contribution in [0.25, 0.3) is 72.9 Å². The smallest absolute Gasteiger partial charge is 0.258 e. The number of likely N-dealkylation sites (tertiary alicyclic amines) is 1. The summed E-state index contributed by atoms with van der Waals surface area (Å²) in [5, 5.41) is 25.9. The Balaban J connectivity index is 0.000000125. The summed E-state index contributed by atoms with van der Waals surface area (Å²) in [6.45, 7) is 21.3. The molecule has 14 heterocycles. The number of aromatic nitrogens is 13. The number of anilines is 1. The molecule has 0 atom stereocenters. The zero-order valence-corrected chi connectivity index (χ0v) is 53.1. The van der Waals surface area contributed by atoms with Crippen LogP contribution in [0.2, 0.25) is 0 Å². The van der Waals surface area contributed by atoms with Crippen molar-refractivity contribution in [2.45, 2.75) is 111 Å². The molecular weight excluding hydrogens is 1140 g/mol. The van der Waals surface area contributed by atoms with E-state index in [0.29, 0.717) is 70.2 Å². The van der Waals surface area contributed by atoms with Crippen LogP contribution in [0.4, 0.5) is 5.69 Å². The molecule has 3 aliphatic rings. The van der Waals surface area contributed by atoms with Crippen LogP contribution in [0.5, 0.6) is 0 Å². The number of benzene rings is 1. The number of nitrogens with one attached hydrogen (secondary N) is 2. The maximum absolute atomic E-state index is 13.1. The standard InChI is InChI=1S/C24H29N7O2.C24H27N5O.C22H23N5O/c1-15-10-19(29-7-4-18(5-8-29)25-6-9-32)14-30-23(33)12-20(27-24(15)30)21-11-22-17(3)26-16(2)13-31(22)28-21;1-16(2)28-10-8-17(9-11-28)19-5-7-23-25-22(13-24(30)29(23)15-19)18-4-6-21-20(12-18)14-27(3)26-21;1-14-9-18(12-26-11-15(2)24-22(14)26)19-10-21(28)27-13-17(3-4-20(27)25-19)16-5-7-23-8-6-16/h10-14,18,25,32H,4-9H2,1-3H3;4-7,12-17H,8-11H2,1-3H3;3-4,9-13,16,23H,5-8H2,1-2H3. The van der Waals surface area contributed by atoms with Crippen molar-refractivity contribution in [1.82, 2.24) is 77.5 Å². The van der Waals surface area contributed by atoms with Crippen LogP contribution < -0.4 is 32.2 Å². The summed E-state index contributed by atoms with van der Waals surface area (Å²) in [6, 6.07) is 26.1. The summed E-state index contributed by atoms with van der Waals surface area (Å²) in [4.78, 5) is 67.1. The van der Waals surface area contributed by atoms with E-state index in [4.69, 9.17) is 20.1 Å². The van der Waals surface area contributed by atoms with Crippen LogP contribution in [-0.2, 0) is 7.05 Å². The number of hydrogen-bond acceptors (Lipinski definition) is 15. The molecule has 0 unspecified atom stereocenters. The fourth-order valence-corrected chi connectivity index (χ4v) is 13.4. The van der Waals surface area contributed by atoms with Crippen LogP contribution in [-0.4, -0.2) is 136 Å². The highest BCUT2D eigenvalue weighted by molar-refractivity contribution is 5.83. The van der Waals surface area contributed by atoms with Gasteiger partial charge in [-0.2, -0.15) is 10.2 Å². The molecule has 3 saturated heterocycles. The molecule has 0 spiro atoms. The Morgan fingerprint density at radius 2 is 1.21 bits per heavy atom. The van der Waals surface area contributed by atoms with E-state index in [0.717, 1.165) is 145 Å². The number of hydrogen-bond donors (Lipinski definition) is 3. The average molecular weight is 1220 g/mol. The van der Waals surface area contributed by atoms with Crippen LogP contribution in [0, 0.1) is 34.6 Å². The van der Waals surface area contributed by atoms with Gasteiger partial charge >= 0.3 is 0 Å². The lowest BCUT2D eigenvalue weighted by Gasteiger charge is -2.34. The second-order valence-electron chi connectivity index (χ2n) is 25.2. The molecule has 15 rings (SSSR count). The number of aliphatic hydroxyl groups is 1. The largest absolute Gasteiger partial charge is 0.395 e. The van der Waals surface area contributed by atoms with Crippen molar-refractivity contribution in [2.75, 3.05) is 57.3 Å². The summed E-state index contributed by atoms with van der Waals surface area (Å²) >= 11 is 0. The van der Waals surface area contributed by atoms with Crippen LogP contribution in [0.3, 0.4) is 0 Å². The number of imidazole rings is 1. The minimum Gasteiger partial charge on any atom is -0.395 e. The lowest BCUT2D eigenvalue weighted by atomic mass is 9.90. The number of pyridine rings is 4. The molecule has 468 valence electrons. The summed E-state index contributed by atoms with van der Waals surface area (Å²) in [5.41, 5.74) is 17.3. The zero-order chi connectivity index (χ0) is 63.2. The molecule has 12 aromatic rings. The fourth-order valence-electron chi connectivity index (χ4n) is 13.4. The molecule has 21 heteroatoms. The van der Waals surface area contributed by atoms with E-state index in [-0.39, 0.29) is 23.3 Å². The SMILES string of the molecule is CC(C)N1CCC(c2ccc3nc(-c4ccc5nn(C)cc5c4)cc(=O)n3c2)CC1.Cc1cn2cc(-c3cc(=O)n4cc(C5CCNCC5)ccc4n3)cc(C)c2n1.Cc1cn2nc(-c3cc(=O)n4cc(N5CCC(NCCO)CC5)cc(C)c4n3)cc2c(C)n1. The number of piperidine rings is 3. The van der Waals surface area contributed by atoms with Gasteiger partial charge in [-0.3, -0.25) is 37.3 Å². The Hall–Kier alpha value is -9.28. The van der Waals surface area contributed by atoms with E-state index >= 15 is 0 Å². The first kappa shape index (κ1) is 60.6. The molecule has 0 aliphatic carbocycles. The van der Waals surface area contributed by atoms with E-state index in [2.05, 4.69) is 72.6 Å². The minimum absolute atomic E-state index is 0.0391. The van der Waals surface area contributed by atoms with E-state index in [1.807, 2.05) is 132 Å². The topological polar surface area (TPSA) is 219 Å². The Morgan fingerprint density at radius 3 is 1.89 bits per heavy atom. The second kappa shape index (κ2) is 25.5. The third-order valence-electron chi connectivity index (χ3n) is 18.3. The van der Waals surface area contributed by atoms with E-state index in [9.17, 15) is 14.4 Å². The Kier molecular flexibility index (Phi) is 17.0. The van der Waals surface area contributed by atoms with Gasteiger partial charge in [-0.25, -0.2) is 24.5 Å². The molecule has 0 saturated carbocycles. The van der Waals surface area contributed by atoms with Gasteiger partial charge in [0.2, 0.25) is 0 Å². The highest BCUT2D eigenvalue weighted by atomic mass is 16.3. The third-order valence-corrected chi connectivity index (χ3v) is 18.3. The van der Waals surface area contributed by atoms with Gasteiger partial charge in [-0.15, -0.1) is 0 Å². The van der Waals surface area contributed by atoms with E-state index in [1.54, 1.807) is 40.6 Å². The van der Waals surface area contributed by atoms with Crippen molar-refractivity contribution in [3.05, 3.63) is 193 Å². The highest BCUT2D eigenvalue weighted by Crippen LogP contribution is 2.31. The van der Waals surface area contributed by atoms with Gasteiger partial charge in [0.25, 0.3) is 16.7 Å². The first-order valence-electron chi connectivity index (χ1n) is 31.9. The van der Waals surface area contributed by atoms with E-state index in [1.165, 1.54) is 11.1 Å². The molecule has 3 aliphatic heterocycles. The van der Waals surface area contributed by atoms with Gasteiger partial charge in [-0.05, 0) is 190 Å². The minimum atomic E-state index is -0.123. The van der Waals surface area contributed by atoms with Crippen LogP contribution >= 0.6 is 0 Å². The molecule has 21 nitrogen and oxygen atoms in total. The summed E-state index contributed by atoms with van der Waals surface area (Å²) in [7, 11) is 1.91. The van der Waals surface area contributed by atoms with Crippen molar-refractivity contribution in [3.63, 3.8) is 0 Å². The summed E-state index contributed by atoms with van der Waals surface area (Å²) in [6.07, 6.45) is 20.2. The van der Waals surface area contributed by atoms with Crippen molar-refractivity contribution in [3.8, 4) is 33.9 Å². The van der Waals surface area contributed by atoms with Crippen LogP contribution in [0.15, 0.2) is 137 Å². The second-order valence-corrected chi connectivity index (χ2v) is 25.2. The van der Waals surface area contributed by atoms with Gasteiger partial charge in [-0.1, -0.05) is 18.2 Å². The molecule has 0 radical (unpaired) electrons. The molecule has 3 N–H and O–H groups in total. The summed E-state index contributed by atoms with van der Waals surface area (Å²) in [5.74, 6) is 1.01. The zero-order valence-electron chi connectivity index (χ0n) is 53.1.